The van der Waals surface area contributed by atoms with Crippen molar-refractivity contribution in [3.05, 3.63) is 60.4 Å². The zero-order valence-electron chi connectivity index (χ0n) is 16.9. The van der Waals surface area contributed by atoms with Gasteiger partial charge in [-0.1, -0.05) is 0 Å². The highest BCUT2D eigenvalue weighted by Crippen LogP contribution is 2.27. The number of rotatable bonds is 8. The van der Waals surface area contributed by atoms with Gasteiger partial charge in [-0.15, -0.1) is 0 Å². The fourth-order valence-corrected chi connectivity index (χ4v) is 2.64. The van der Waals surface area contributed by atoms with Gasteiger partial charge in [0.25, 0.3) is 0 Å². The van der Waals surface area contributed by atoms with Crippen molar-refractivity contribution >= 4 is 23.8 Å². The van der Waals surface area contributed by atoms with Gasteiger partial charge in [-0.25, -0.2) is 9.59 Å². The third kappa shape index (κ3) is 4.74. The zero-order chi connectivity index (χ0) is 22.4. The predicted octanol–water partition coefficient (Wildman–Crippen LogP) is 1.11. The molecule has 160 valence electrons. The normalized spacial score (nSPS) is 10.8. The van der Waals surface area contributed by atoms with Gasteiger partial charge in [0.15, 0.2) is 6.61 Å². The van der Waals surface area contributed by atoms with Gasteiger partial charge < -0.3 is 14.2 Å². The summed E-state index contributed by atoms with van der Waals surface area (Å²) in [6.45, 7) is 1.66. The Labute approximate surface area is 170 Å². The maximum absolute atomic E-state index is 12.2. The number of esters is 1. The molecule has 1 heterocycles. The summed E-state index contributed by atoms with van der Waals surface area (Å²) in [7, 11) is 3.92. The van der Waals surface area contributed by atoms with Crippen LogP contribution in [0.15, 0.2) is 27.8 Å². The molecule has 0 aliphatic carbocycles. The summed E-state index contributed by atoms with van der Waals surface area (Å²) in [5, 5.41) is 11.4. The highest BCUT2D eigenvalue weighted by atomic mass is 16.6. The lowest BCUT2D eigenvalue weighted by molar-refractivity contribution is -0.387. The molecule has 2 rings (SSSR count). The van der Waals surface area contributed by atoms with Crippen molar-refractivity contribution in [2.45, 2.75) is 6.92 Å². The van der Waals surface area contributed by atoms with Crippen molar-refractivity contribution < 1.29 is 23.9 Å². The molecule has 0 aliphatic heterocycles. The minimum Gasteiger partial charge on any atom is -0.496 e. The van der Waals surface area contributed by atoms with Crippen molar-refractivity contribution in [2.24, 2.45) is 14.1 Å². The second-order valence-corrected chi connectivity index (χ2v) is 6.03. The Morgan fingerprint density at radius 1 is 1.20 bits per heavy atom. The first-order valence-corrected chi connectivity index (χ1v) is 8.80. The SMILES string of the molecule is CCOC(=O)COc1ccc(/C=C/c2c([N+](=O)[O-])c(=O)n(C)c(=O)n2C)c(OC)c1. The Balaban J connectivity index is 2.41. The fraction of sp³-hybridized carbons (Fsp3) is 0.316. The molecule has 2 aromatic rings. The molecule has 0 saturated heterocycles. The summed E-state index contributed by atoms with van der Waals surface area (Å²) in [6, 6.07) is 4.69. The number of ether oxygens (including phenoxy) is 3. The fourth-order valence-electron chi connectivity index (χ4n) is 2.64. The first-order chi connectivity index (χ1) is 14.2. The van der Waals surface area contributed by atoms with E-state index in [0.717, 1.165) is 4.57 Å². The summed E-state index contributed by atoms with van der Waals surface area (Å²) in [4.78, 5) is 46.2. The van der Waals surface area contributed by atoms with Gasteiger partial charge in [0.1, 0.15) is 17.2 Å². The third-order valence-electron chi connectivity index (χ3n) is 4.16. The summed E-state index contributed by atoms with van der Waals surface area (Å²) < 4.78 is 17.1. The summed E-state index contributed by atoms with van der Waals surface area (Å²) >= 11 is 0. The van der Waals surface area contributed by atoms with E-state index in [9.17, 15) is 24.5 Å². The Hall–Kier alpha value is -3.89. The number of nitro groups is 1. The van der Waals surface area contributed by atoms with Gasteiger partial charge in [0.05, 0.1) is 18.6 Å². The van der Waals surface area contributed by atoms with Gasteiger partial charge in [0, 0.05) is 25.7 Å². The van der Waals surface area contributed by atoms with Crippen molar-refractivity contribution in [2.75, 3.05) is 20.3 Å². The number of hydrogen-bond donors (Lipinski definition) is 0. The molecule has 1 aromatic carbocycles. The van der Waals surface area contributed by atoms with Crippen LogP contribution >= 0.6 is 0 Å². The van der Waals surface area contributed by atoms with Crippen LogP contribution in [0.1, 0.15) is 18.2 Å². The van der Waals surface area contributed by atoms with E-state index < -0.39 is 27.8 Å². The first-order valence-electron chi connectivity index (χ1n) is 8.80. The monoisotopic (exact) mass is 419 g/mol. The maximum Gasteiger partial charge on any atom is 0.357 e. The Kier molecular flexibility index (Phi) is 7.13. The van der Waals surface area contributed by atoms with Crippen LogP contribution in [0.4, 0.5) is 5.69 Å². The van der Waals surface area contributed by atoms with Crippen LogP contribution in [0.2, 0.25) is 0 Å². The number of methoxy groups -OCH3 is 1. The van der Waals surface area contributed by atoms with Gasteiger partial charge in [-0.2, -0.15) is 0 Å². The average Bonchev–Trinajstić information content (AvgIpc) is 2.72. The Bertz CT molecular complexity index is 1110. The van der Waals surface area contributed by atoms with Crippen LogP contribution in [0, 0.1) is 10.1 Å². The maximum atomic E-state index is 12.2. The molecule has 11 heteroatoms. The molecule has 11 nitrogen and oxygen atoms in total. The Morgan fingerprint density at radius 3 is 2.50 bits per heavy atom. The number of carbonyl (C=O) groups is 1. The zero-order valence-corrected chi connectivity index (χ0v) is 16.9. The average molecular weight is 419 g/mol. The van der Waals surface area contributed by atoms with E-state index in [-0.39, 0.29) is 18.9 Å². The molecule has 0 unspecified atom stereocenters. The second kappa shape index (κ2) is 9.54. The van der Waals surface area contributed by atoms with E-state index >= 15 is 0 Å². The topological polar surface area (TPSA) is 132 Å². The number of carbonyl (C=O) groups excluding carboxylic acids is 1. The standard InChI is InChI=1S/C19H21N3O8/c1-5-29-16(23)11-30-13-8-6-12(15(10-13)28-4)7-9-14-17(22(26)27)18(24)21(3)19(25)20(14)2/h6-10H,5,11H2,1-4H3/b9-7+. The molecule has 30 heavy (non-hydrogen) atoms. The van der Waals surface area contributed by atoms with E-state index in [1.54, 1.807) is 19.1 Å². The smallest absolute Gasteiger partial charge is 0.357 e. The summed E-state index contributed by atoms with van der Waals surface area (Å²) in [6.07, 6.45) is 2.76. The van der Waals surface area contributed by atoms with Crippen LogP contribution < -0.4 is 20.7 Å². The molecular weight excluding hydrogens is 398 g/mol. The largest absolute Gasteiger partial charge is 0.496 e. The van der Waals surface area contributed by atoms with Gasteiger partial charge in [-0.05, 0) is 31.2 Å². The molecule has 1 aromatic heterocycles. The second-order valence-electron chi connectivity index (χ2n) is 6.03. The van der Waals surface area contributed by atoms with E-state index in [1.807, 2.05) is 0 Å². The lowest BCUT2D eigenvalue weighted by Crippen LogP contribution is -2.39. The van der Waals surface area contributed by atoms with Crippen molar-refractivity contribution in [3.8, 4) is 11.5 Å². The van der Waals surface area contributed by atoms with Gasteiger partial charge in [-0.3, -0.25) is 24.0 Å². The van der Waals surface area contributed by atoms with Crippen LogP contribution in [0.25, 0.3) is 12.2 Å². The molecule has 0 saturated carbocycles. The van der Waals surface area contributed by atoms with Crippen LogP contribution in [-0.2, 0) is 23.6 Å². The lowest BCUT2D eigenvalue weighted by atomic mass is 10.1. The molecule has 0 aliphatic rings. The van der Waals surface area contributed by atoms with Crippen molar-refractivity contribution in [1.82, 2.24) is 9.13 Å². The van der Waals surface area contributed by atoms with E-state index in [2.05, 4.69) is 0 Å². The number of nitrogens with zero attached hydrogens (tertiary/aromatic N) is 3. The molecule has 0 atom stereocenters. The quantitative estimate of drug-likeness (QED) is 0.353. The van der Waals surface area contributed by atoms with Crippen LogP contribution in [0.3, 0.4) is 0 Å². The van der Waals surface area contributed by atoms with Crippen LogP contribution in [0.5, 0.6) is 11.5 Å². The molecule has 0 N–H and O–H groups in total. The Morgan fingerprint density at radius 2 is 1.90 bits per heavy atom. The van der Waals surface area contributed by atoms with Crippen LogP contribution in [-0.4, -0.2) is 40.4 Å². The molecule has 0 spiro atoms. The minimum absolute atomic E-state index is 0.155. The van der Waals surface area contributed by atoms with E-state index in [1.165, 1.54) is 39.4 Å². The predicted molar refractivity (Wildman–Crippen MR) is 108 cm³/mol. The third-order valence-corrected chi connectivity index (χ3v) is 4.16. The highest BCUT2D eigenvalue weighted by molar-refractivity contribution is 5.75. The van der Waals surface area contributed by atoms with E-state index in [0.29, 0.717) is 21.6 Å². The highest BCUT2D eigenvalue weighted by Gasteiger charge is 2.23. The summed E-state index contributed by atoms with van der Waals surface area (Å²) in [5.74, 6) is 0.187. The number of aromatic nitrogens is 2. The number of benzene rings is 1. The molecule has 0 bridgehead atoms. The minimum atomic E-state index is -1.00. The molecule has 0 amide bonds. The molecule has 0 fully saturated rings. The molecule has 0 radical (unpaired) electrons. The van der Waals surface area contributed by atoms with E-state index in [4.69, 9.17) is 14.2 Å². The first kappa shape index (κ1) is 22.4. The summed E-state index contributed by atoms with van der Waals surface area (Å²) in [5.41, 5.74) is -2.07. The van der Waals surface area contributed by atoms with Crippen molar-refractivity contribution in [1.29, 1.82) is 0 Å². The van der Waals surface area contributed by atoms with Gasteiger partial charge in [0.2, 0.25) is 0 Å². The lowest BCUT2D eigenvalue weighted by Gasteiger charge is -2.10. The van der Waals surface area contributed by atoms with Crippen molar-refractivity contribution in [3.63, 3.8) is 0 Å². The van der Waals surface area contributed by atoms with Gasteiger partial charge >= 0.3 is 22.9 Å². The number of hydrogen-bond acceptors (Lipinski definition) is 8. The molecular formula is C19H21N3O8.